The fourth-order valence-electron chi connectivity index (χ4n) is 1.78. The molecule has 0 N–H and O–H groups in total. The minimum atomic E-state index is 0.161. The maximum Gasteiger partial charge on any atom is 0.219 e. The van der Waals surface area contributed by atoms with Gasteiger partial charge < -0.3 is 9.80 Å². The van der Waals surface area contributed by atoms with Crippen molar-refractivity contribution in [2.24, 2.45) is 0 Å². The molecule has 0 atom stereocenters. The second kappa shape index (κ2) is 4.29. The van der Waals surface area contributed by atoms with Crippen molar-refractivity contribution in [2.75, 3.05) is 31.1 Å². The topological polar surface area (TPSA) is 36.4 Å². The van der Waals surface area contributed by atoms with Crippen LogP contribution in [0.3, 0.4) is 0 Å². The number of carbonyl (C=O) groups excluding carboxylic acids is 1. The number of hydrogen-bond acceptors (Lipinski definition) is 3. The lowest BCUT2D eigenvalue weighted by molar-refractivity contribution is -0.129. The van der Waals surface area contributed by atoms with Crippen molar-refractivity contribution in [1.29, 1.82) is 0 Å². The van der Waals surface area contributed by atoms with Gasteiger partial charge >= 0.3 is 0 Å². The second-order valence-electron chi connectivity index (χ2n) is 3.64. The molecule has 0 aromatic carbocycles. The molecule has 2 rings (SSSR count). The van der Waals surface area contributed by atoms with Crippen LogP contribution in [0.1, 0.15) is 6.92 Å². The Balaban J connectivity index is 1.97. The quantitative estimate of drug-likeness (QED) is 0.670. The van der Waals surface area contributed by atoms with E-state index in [9.17, 15) is 4.79 Å². The lowest BCUT2D eigenvalue weighted by Crippen LogP contribution is -2.48. The average Bonchev–Trinajstić information content (AvgIpc) is 2.30. The third-order valence-electron chi connectivity index (χ3n) is 2.69. The van der Waals surface area contributed by atoms with Gasteiger partial charge in [-0.1, -0.05) is 0 Å². The van der Waals surface area contributed by atoms with Crippen LogP contribution in [0.5, 0.6) is 0 Å². The maximum absolute atomic E-state index is 11.1. The Hall–Kier alpha value is -1.58. The van der Waals surface area contributed by atoms with Crippen molar-refractivity contribution in [3.8, 4) is 0 Å². The van der Waals surface area contributed by atoms with Crippen molar-refractivity contribution in [1.82, 2.24) is 9.88 Å². The molecule has 0 unspecified atom stereocenters. The van der Waals surface area contributed by atoms with E-state index in [-0.39, 0.29) is 5.91 Å². The average molecular weight is 204 g/mol. The van der Waals surface area contributed by atoms with E-state index in [1.807, 2.05) is 23.2 Å². The Morgan fingerprint density at radius 2 is 2.13 bits per heavy atom. The predicted octanol–water partition coefficient (Wildman–Crippen LogP) is 0.550. The highest BCUT2D eigenvalue weighted by atomic mass is 16.2. The molecule has 1 aliphatic heterocycles. The van der Waals surface area contributed by atoms with Gasteiger partial charge in [0.25, 0.3) is 0 Å². The first-order valence-electron chi connectivity index (χ1n) is 5.10. The van der Waals surface area contributed by atoms with Gasteiger partial charge in [0.15, 0.2) is 0 Å². The molecule has 0 bridgehead atoms. The summed E-state index contributed by atoms with van der Waals surface area (Å²) in [5, 5.41) is 0. The van der Waals surface area contributed by atoms with Crippen molar-refractivity contribution in [3.63, 3.8) is 0 Å². The molecule has 1 amide bonds. The van der Waals surface area contributed by atoms with Crippen LogP contribution in [0, 0.1) is 6.20 Å². The van der Waals surface area contributed by atoms with Gasteiger partial charge in [-0.15, -0.1) is 0 Å². The Labute approximate surface area is 89.5 Å². The fourth-order valence-corrected chi connectivity index (χ4v) is 1.78. The highest BCUT2D eigenvalue weighted by Gasteiger charge is 2.18. The number of carbonyl (C=O) groups is 1. The molecule has 0 saturated carbocycles. The zero-order valence-electron chi connectivity index (χ0n) is 8.81. The van der Waals surface area contributed by atoms with Crippen LogP contribution in [-0.2, 0) is 4.79 Å². The van der Waals surface area contributed by atoms with Gasteiger partial charge in [0.2, 0.25) is 5.91 Å². The number of rotatable bonds is 1. The second-order valence-corrected chi connectivity index (χ2v) is 3.64. The summed E-state index contributed by atoms with van der Waals surface area (Å²) in [7, 11) is 0. The number of nitrogens with zero attached hydrogens (tertiary/aromatic N) is 3. The van der Waals surface area contributed by atoms with Crippen LogP contribution < -0.4 is 4.90 Å². The summed E-state index contributed by atoms with van der Waals surface area (Å²) < 4.78 is 0. The summed E-state index contributed by atoms with van der Waals surface area (Å²) in [6.07, 6.45) is 4.57. The first-order chi connectivity index (χ1) is 7.27. The highest BCUT2D eigenvalue weighted by molar-refractivity contribution is 5.73. The van der Waals surface area contributed by atoms with E-state index in [0.717, 1.165) is 31.9 Å². The van der Waals surface area contributed by atoms with Gasteiger partial charge in [-0.05, 0) is 12.1 Å². The molecule has 0 aliphatic carbocycles. The zero-order chi connectivity index (χ0) is 10.7. The van der Waals surface area contributed by atoms with E-state index in [4.69, 9.17) is 0 Å². The molecule has 1 fully saturated rings. The Bertz CT molecular complexity index is 331. The standard InChI is InChI=1S/C11H14N3O/c1-10(15)13-5-7-14(8-6-13)11-3-2-4-12-9-11/h2-3,9H,5-8H2,1H3. The van der Waals surface area contributed by atoms with Crippen molar-refractivity contribution < 1.29 is 4.79 Å². The number of aromatic nitrogens is 1. The van der Waals surface area contributed by atoms with Crippen molar-refractivity contribution in [3.05, 3.63) is 24.5 Å². The zero-order valence-corrected chi connectivity index (χ0v) is 8.81. The summed E-state index contributed by atoms with van der Waals surface area (Å²) in [5.41, 5.74) is 1.11. The molecule has 79 valence electrons. The van der Waals surface area contributed by atoms with Crippen LogP contribution in [0.4, 0.5) is 5.69 Å². The molecule has 1 aromatic heterocycles. The van der Waals surface area contributed by atoms with Gasteiger partial charge in [0.05, 0.1) is 18.1 Å². The summed E-state index contributed by atoms with van der Waals surface area (Å²) >= 11 is 0. The summed E-state index contributed by atoms with van der Waals surface area (Å²) in [6.45, 7) is 4.98. The van der Waals surface area contributed by atoms with Crippen LogP contribution in [0.15, 0.2) is 18.3 Å². The summed E-state index contributed by atoms with van der Waals surface area (Å²) in [4.78, 5) is 19.2. The first-order valence-corrected chi connectivity index (χ1v) is 5.10. The van der Waals surface area contributed by atoms with Gasteiger partial charge in [-0.25, -0.2) is 0 Å². The third kappa shape index (κ3) is 2.26. The SMILES string of the molecule is CC(=O)N1CCN(c2cc[c]nc2)CC1. The van der Waals surface area contributed by atoms with Crippen LogP contribution in [-0.4, -0.2) is 42.0 Å². The van der Waals surface area contributed by atoms with E-state index in [1.165, 1.54) is 0 Å². The Kier molecular flexibility index (Phi) is 2.85. The van der Waals surface area contributed by atoms with E-state index in [1.54, 1.807) is 6.92 Å². The Morgan fingerprint density at radius 3 is 2.67 bits per heavy atom. The number of hydrogen-bond donors (Lipinski definition) is 0. The van der Waals surface area contributed by atoms with E-state index in [2.05, 4.69) is 16.1 Å². The molecule has 1 radical (unpaired) electrons. The van der Waals surface area contributed by atoms with E-state index in [0.29, 0.717) is 0 Å². The van der Waals surface area contributed by atoms with Crippen LogP contribution in [0.25, 0.3) is 0 Å². The molecule has 1 aromatic rings. The van der Waals surface area contributed by atoms with Gasteiger partial charge in [-0.2, -0.15) is 0 Å². The molecule has 4 heteroatoms. The molecule has 2 heterocycles. The fraction of sp³-hybridized carbons (Fsp3) is 0.455. The lowest BCUT2D eigenvalue weighted by Gasteiger charge is -2.35. The molecule has 15 heavy (non-hydrogen) atoms. The number of amides is 1. The van der Waals surface area contributed by atoms with E-state index >= 15 is 0 Å². The molecule has 4 nitrogen and oxygen atoms in total. The van der Waals surface area contributed by atoms with Gasteiger partial charge in [0, 0.05) is 33.1 Å². The first kappa shape index (κ1) is 9.96. The van der Waals surface area contributed by atoms with E-state index < -0.39 is 0 Å². The number of pyridine rings is 1. The number of anilines is 1. The molecule has 1 saturated heterocycles. The largest absolute Gasteiger partial charge is 0.367 e. The minimum Gasteiger partial charge on any atom is -0.367 e. The smallest absolute Gasteiger partial charge is 0.219 e. The summed E-state index contributed by atoms with van der Waals surface area (Å²) in [5.74, 6) is 0.161. The molecule has 1 aliphatic rings. The molecular formula is C11H14N3O. The van der Waals surface area contributed by atoms with Crippen molar-refractivity contribution >= 4 is 11.6 Å². The highest BCUT2D eigenvalue weighted by Crippen LogP contribution is 2.13. The molecule has 0 spiro atoms. The predicted molar refractivity (Wildman–Crippen MR) is 57.5 cm³/mol. The lowest BCUT2D eigenvalue weighted by atomic mass is 10.3. The van der Waals surface area contributed by atoms with Gasteiger partial charge in [-0.3, -0.25) is 9.78 Å². The molecular weight excluding hydrogens is 190 g/mol. The number of piperazine rings is 1. The third-order valence-corrected chi connectivity index (χ3v) is 2.69. The monoisotopic (exact) mass is 204 g/mol. The normalized spacial score (nSPS) is 16.6. The van der Waals surface area contributed by atoms with Crippen LogP contribution >= 0.6 is 0 Å². The summed E-state index contributed by atoms with van der Waals surface area (Å²) in [6, 6.07) is 3.81. The minimum absolute atomic E-state index is 0.161. The maximum atomic E-state index is 11.1. The van der Waals surface area contributed by atoms with Crippen LogP contribution in [0.2, 0.25) is 0 Å². The Morgan fingerprint density at radius 1 is 1.40 bits per heavy atom. The van der Waals surface area contributed by atoms with Crippen molar-refractivity contribution in [2.45, 2.75) is 6.92 Å². The van der Waals surface area contributed by atoms with Gasteiger partial charge in [0.1, 0.15) is 0 Å².